The highest BCUT2D eigenvalue weighted by molar-refractivity contribution is 5.65. The fraction of sp³-hybridized carbons (Fsp3) is 0.486. The number of unbranched alkanes of at least 4 members (excludes halogenated alkanes) is 3. The van der Waals surface area contributed by atoms with Crippen LogP contribution in [0.15, 0.2) is 72.8 Å². The van der Waals surface area contributed by atoms with Gasteiger partial charge in [-0.1, -0.05) is 100 Å². The minimum absolute atomic E-state index is 0.103. The van der Waals surface area contributed by atoms with Crippen molar-refractivity contribution in [3.05, 3.63) is 89.7 Å². The second-order valence-corrected chi connectivity index (χ2v) is 11.6. The predicted molar refractivity (Wildman–Crippen MR) is 152 cm³/mol. The molecule has 2 aliphatic carbocycles. The summed E-state index contributed by atoms with van der Waals surface area (Å²) in [4.78, 5) is 0. The van der Waals surface area contributed by atoms with Gasteiger partial charge in [0.25, 0.3) is 0 Å². The van der Waals surface area contributed by atoms with Crippen LogP contribution >= 0.6 is 0 Å². The third-order valence-corrected chi connectivity index (χ3v) is 9.07. The number of fused-ring (bicyclic) bond motifs is 1. The van der Waals surface area contributed by atoms with Crippen molar-refractivity contribution in [2.24, 2.45) is 17.8 Å². The minimum atomic E-state index is -0.103. The van der Waals surface area contributed by atoms with Crippen molar-refractivity contribution < 1.29 is 9.13 Å². The van der Waals surface area contributed by atoms with Gasteiger partial charge in [0.2, 0.25) is 0 Å². The maximum atomic E-state index is 15.3. The summed E-state index contributed by atoms with van der Waals surface area (Å²) in [6.45, 7) is 2.83. The van der Waals surface area contributed by atoms with E-state index in [1.54, 1.807) is 0 Å². The van der Waals surface area contributed by atoms with Gasteiger partial charge in [0, 0.05) is 5.56 Å². The molecule has 0 aromatic heterocycles. The van der Waals surface area contributed by atoms with Crippen LogP contribution < -0.4 is 4.74 Å². The molecule has 4 atom stereocenters. The molecule has 37 heavy (non-hydrogen) atoms. The molecular weight excluding hydrogens is 455 g/mol. The van der Waals surface area contributed by atoms with Gasteiger partial charge in [-0.2, -0.15) is 0 Å². The number of ether oxygens (including phenoxy) is 1. The molecule has 0 aliphatic heterocycles. The molecule has 0 N–H and O–H groups in total. The normalized spacial score (nSPS) is 23.4. The summed E-state index contributed by atoms with van der Waals surface area (Å²) in [7, 11) is 0. The molecular formula is C35H43FO. The first-order valence-corrected chi connectivity index (χ1v) is 14.8. The standard InChI is InChI=1S/C35H43FO/c1-2-3-4-6-9-26-12-13-30-23-31(15-14-29(30)22-26)32-18-21-34(35(36)24-32)28-16-19-33(20-17-28)37-25-27-10-7-5-8-11-27/h5,7-8,10-11,16-21,24,26,29-31H,2-4,6,9,12-15,22-23,25H2,1H3. The second-order valence-electron chi connectivity index (χ2n) is 11.6. The molecule has 0 radical (unpaired) electrons. The third kappa shape index (κ3) is 6.83. The molecule has 0 spiro atoms. The van der Waals surface area contributed by atoms with Gasteiger partial charge in [0.1, 0.15) is 18.2 Å². The summed E-state index contributed by atoms with van der Waals surface area (Å²) in [5, 5.41) is 0. The van der Waals surface area contributed by atoms with Crippen LogP contribution in [0.25, 0.3) is 11.1 Å². The Hall–Kier alpha value is -2.61. The van der Waals surface area contributed by atoms with Crippen molar-refractivity contribution in [3.8, 4) is 16.9 Å². The number of hydrogen-bond acceptors (Lipinski definition) is 1. The van der Waals surface area contributed by atoms with E-state index >= 15 is 4.39 Å². The van der Waals surface area contributed by atoms with Gasteiger partial charge in [-0.25, -0.2) is 4.39 Å². The van der Waals surface area contributed by atoms with Crippen LogP contribution in [0.4, 0.5) is 4.39 Å². The van der Waals surface area contributed by atoms with Crippen molar-refractivity contribution in [2.45, 2.75) is 90.1 Å². The van der Waals surface area contributed by atoms with Crippen molar-refractivity contribution in [1.82, 2.24) is 0 Å². The zero-order chi connectivity index (χ0) is 25.5. The lowest BCUT2D eigenvalue weighted by molar-refractivity contribution is 0.113. The summed E-state index contributed by atoms with van der Waals surface area (Å²) in [5.41, 5.74) is 3.91. The van der Waals surface area contributed by atoms with Gasteiger partial charge in [-0.3, -0.25) is 0 Å². The fourth-order valence-corrected chi connectivity index (χ4v) is 6.90. The predicted octanol–water partition coefficient (Wildman–Crippen LogP) is 10.3. The highest BCUT2D eigenvalue weighted by Crippen LogP contribution is 2.48. The molecule has 2 saturated carbocycles. The van der Waals surface area contributed by atoms with E-state index < -0.39 is 0 Å². The lowest BCUT2D eigenvalue weighted by Gasteiger charge is -2.42. The number of rotatable bonds is 10. The lowest BCUT2D eigenvalue weighted by Crippen LogP contribution is -2.30. The number of hydrogen-bond donors (Lipinski definition) is 0. The Morgan fingerprint density at radius 1 is 0.784 bits per heavy atom. The molecule has 3 aromatic rings. The average molecular weight is 499 g/mol. The van der Waals surface area contributed by atoms with E-state index in [-0.39, 0.29) is 5.82 Å². The largest absolute Gasteiger partial charge is 0.489 e. The zero-order valence-electron chi connectivity index (χ0n) is 22.5. The van der Waals surface area contributed by atoms with Crippen LogP contribution in [0.3, 0.4) is 0 Å². The van der Waals surface area contributed by atoms with E-state index in [9.17, 15) is 0 Å². The first-order valence-electron chi connectivity index (χ1n) is 14.8. The molecule has 2 fully saturated rings. The number of benzene rings is 3. The first-order chi connectivity index (χ1) is 18.2. The molecule has 196 valence electrons. The molecule has 2 heteroatoms. The number of halogens is 1. The van der Waals surface area contributed by atoms with Crippen LogP contribution in [0.5, 0.6) is 5.75 Å². The van der Waals surface area contributed by atoms with E-state index in [0.29, 0.717) is 18.1 Å². The van der Waals surface area contributed by atoms with E-state index in [2.05, 4.69) is 25.1 Å². The summed E-state index contributed by atoms with van der Waals surface area (Å²) >= 11 is 0. The molecule has 0 amide bonds. The van der Waals surface area contributed by atoms with Crippen LogP contribution in [0, 0.1) is 23.6 Å². The zero-order valence-corrected chi connectivity index (χ0v) is 22.5. The second kappa shape index (κ2) is 12.8. The summed E-state index contributed by atoms with van der Waals surface area (Å²) in [5.74, 6) is 3.93. The Kier molecular flexibility index (Phi) is 8.97. The monoisotopic (exact) mass is 498 g/mol. The van der Waals surface area contributed by atoms with Gasteiger partial charge >= 0.3 is 0 Å². The molecule has 0 saturated heterocycles. The van der Waals surface area contributed by atoms with Crippen LogP contribution in [0.1, 0.15) is 94.6 Å². The summed E-state index contributed by atoms with van der Waals surface area (Å²) in [6, 6.07) is 23.9. The Balaban J connectivity index is 1.15. The van der Waals surface area contributed by atoms with Crippen molar-refractivity contribution in [2.75, 3.05) is 0 Å². The molecule has 0 heterocycles. The molecule has 2 aliphatic rings. The fourth-order valence-electron chi connectivity index (χ4n) is 6.90. The Bertz CT molecular complexity index is 1110. The van der Waals surface area contributed by atoms with Crippen LogP contribution in [0.2, 0.25) is 0 Å². The molecule has 3 aromatic carbocycles. The van der Waals surface area contributed by atoms with Crippen LogP contribution in [-0.2, 0) is 6.61 Å². The SMILES string of the molecule is CCCCCCC1CCC2CC(c3ccc(-c4ccc(OCc5ccccc5)cc4)c(F)c3)CCC2C1. The molecule has 1 nitrogen and oxygen atoms in total. The van der Waals surface area contributed by atoms with E-state index in [4.69, 9.17) is 4.74 Å². The summed E-state index contributed by atoms with van der Waals surface area (Å²) < 4.78 is 21.2. The highest BCUT2D eigenvalue weighted by Gasteiger charge is 2.35. The maximum absolute atomic E-state index is 15.3. The Morgan fingerprint density at radius 3 is 2.35 bits per heavy atom. The first kappa shape index (κ1) is 26.0. The molecule has 5 rings (SSSR count). The van der Waals surface area contributed by atoms with Crippen molar-refractivity contribution in [1.29, 1.82) is 0 Å². The maximum Gasteiger partial charge on any atom is 0.131 e. The van der Waals surface area contributed by atoms with Gasteiger partial charge in [0.15, 0.2) is 0 Å². The van der Waals surface area contributed by atoms with Gasteiger partial charge in [-0.15, -0.1) is 0 Å². The average Bonchev–Trinajstić information content (AvgIpc) is 2.95. The minimum Gasteiger partial charge on any atom is -0.489 e. The smallest absolute Gasteiger partial charge is 0.131 e. The third-order valence-electron chi connectivity index (χ3n) is 9.07. The van der Waals surface area contributed by atoms with Gasteiger partial charge in [-0.05, 0) is 90.7 Å². The highest BCUT2D eigenvalue weighted by atomic mass is 19.1. The van der Waals surface area contributed by atoms with E-state index in [0.717, 1.165) is 34.6 Å². The van der Waals surface area contributed by atoms with Crippen LogP contribution in [-0.4, -0.2) is 0 Å². The van der Waals surface area contributed by atoms with E-state index in [1.165, 1.54) is 76.2 Å². The quantitative estimate of drug-likeness (QED) is 0.253. The van der Waals surface area contributed by atoms with Crippen molar-refractivity contribution >= 4 is 0 Å². The lowest BCUT2D eigenvalue weighted by atomic mass is 9.63. The van der Waals surface area contributed by atoms with Crippen molar-refractivity contribution in [3.63, 3.8) is 0 Å². The Labute approximate surface area is 223 Å². The molecule has 0 bridgehead atoms. The topological polar surface area (TPSA) is 9.23 Å². The molecule has 4 unspecified atom stereocenters. The van der Waals surface area contributed by atoms with E-state index in [1.807, 2.05) is 54.6 Å². The Morgan fingerprint density at radius 2 is 1.57 bits per heavy atom. The van der Waals surface area contributed by atoms with Gasteiger partial charge < -0.3 is 4.74 Å². The van der Waals surface area contributed by atoms with Gasteiger partial charge in [0.05, 0.1) is 0 Å². The summed E-state index contributed by atoms with van der Waals surface area (Å²) in [6.07, 6.45) is 15.0.